The maximum atomic E-state index is 6.05. The van der Waals surface area contributed by atoms with Crippen molar-refractivity contribution in [2.75, 3.05) is 0 Å². The minimum Gasteiger partial charge on any atom is -0.264 e. The van der Waals surface area contributed by atoms with E-state index >= 15 is 0 Å². The highest BCUT2D eigenvalue weighted by atomic mass is 35.5. The third-order valence-electron chi connectivity index (χ3n) is 2.71. The first-order valence-corrected chi connectivity index (χ1v) is 5.92. The van der Waals surface area contributed by atoms with Crippen LogP contribution in [0.4, 0.5) is 0 Å². The molecule has 0 fully saturated rings. The Balaban J connectivity index is 2.49. The molecule has 0 aliphatic rings. The molecule has 0 bridgehead atoms. The lowest BCUT2D eigenvalue weighted by molar-refractivity contribution is 0.974. The number of aromatic nitrogens is 3. The van der Waals surface area contributed by atoms with E-state index in [0.717, 1.165) is 28.2 Å². The van der Waals surface area contributed by atoms with Gasteiger partial charge in [0.15, 0.2) is 5.82 Å². The largest absolute Gasteiger partial charge is 0.264 e. The summed E-state index contributed by atoms with van der Waals surface area (Å²) in [5.41, 5.74) is 3.98. The van der Waals surface area contributed by atoms with Gasteiger partial charge < -0.3 is 0 Å². The van der Waals surface area contributed by atoms with Crippen molar-refractivity contribution in [3.05, 3.63) is 41.5 Å². The fourth-order valence-electron chi connectivity index (χ4n) is 1.72. The topological polar surface area (TPSA) is 38.7 Å². The van der Waals surface area contributed by atoms with Gasteiger partial charge in [0.25, 0.3) is 0 Å². The van der Waals surface area contributed by atoms with Crippen LogP contribution in [0.25, 0.3) is 11.4 Å². The lowest BCUT2D eigenvalue weighted by Gasteiger charge is -2.09. The van der Waals surface area contributed by atoms with E-state index in [1.807, 2.05) is 33.0 Å². The first kappa shape index (κ1) is 12.0. The molecule has 4 heteroatoms. The van der Waals surface area contributed by atoms with Crippen molar-refractivity contribution in [1.82, 2.24) is 15.0 Å². The second kappa shape index (κ2) is 4.80. The highest BCUT2D eigenvalue weighted by Crippen LogP contribution is 2.24. The van der Waals surface area contributed by atoms with Crippen molar-refractivity contribution in [2.45, 2.75) is 26.1 Å². The Morgan fingerprint density at radius 1 is 1.24 bits per heavy atom. The minimum atomic E-state index is -0.0670. The molecule has 2 heterocycles. The Labute approximate surface area is 106 Å². The quantitative estimate of drug-likeness (QED) is 0.763. The van der Waals surface area contributed by atoms with Gasteiger partial charge in [0.2, 0.25) is 0 Å². The van der Waals surface area contributed by atoms with Crippen LogP contribution in [-0.2, 0) is 0 Å². The molecule has 0 aromatic carbocycles. The summed E-state index contributed by atoms with van der Waals surface area (Å²) in [7, 11) is 0. The fourth-order valence-corrected chi connectivity index (χ4v) is 1.94. The lowest BCUT2D eigenvalue weighted by atomic mass is 10.1. The molecule has 0 N–H and O–H groups in total. The number of aryl methyl sites for hydroxylation is 2. The molecule has 0 spiro atoms. The molecule has 1 atom stereocenters. The van der Waals surface area contributed by atoms with E-state index in [-0.39, 0.29) is 5.38 Å². The van der Waals surface area contributed by atoms with Crippen molar-refractivity contribution in [3.8, 4) is 11.4 Å². The van der Waals surface area contributed by atoms with Crippen LogP contribution in [0, 0.1) is 13.8 Å². The van der Waals surface area contributed by atoms with Crippen LogP contribution in [-0.4, -0.2) is 15.0 Å². The van der Waals surface area contributed by atoms with Crippen LogP contribution < -0.4 is 0 Å². The maximum Gasteiger partial charge on any atom is 0.159 e. The molecular formula is C13H14ClN3. The first-order chi connectivity index (χ1) is 8.09. The molecule has 1 unspecified atom stereocenters. The highest BCUT2D eigenvalue weighted by Gasteiger charge is 2.10. The van der Waals surface area contributed by atoms with E-state index in [9.17, 15) is 0 Å². The smallest absolute Gasteiger partial charge is 0.159 e. The van der Waals surface area contributed by atoms with E-state index in [4.69, 9.17) is 11.6 Å². The number of rotatable bonds is 2. The Hall–Kier alpha value is -1.48. The molecule has 88 valence electrons. The van der Waals surface area contributed by atoms with Crippen molar-refractivity contribution >= 4 is 11.6 Å². The second-order valence-corrected chi connectivity index (χ2v) is 4.70. The summed E-state index contributed by atoms with van der Waals surface area (Å²) in [5, 5.41) is -0.0670. The van der Waals surface area contributed by atoms with Gasteiger partial charge in [-0.15, -0.1) is 11.6 Å². The fraction of sp³-hybridized carbons (Fsp3) is 0.308. The normalized spacial score (nSPS) is 12.5. The summed E-state index contributed by atoms with van der Waals surface area (Å²) in [6, 6.07) is 1.92. The van der Waals surface area contributed by atoms with E-state index in [2.05, 4.69) is 15.0 Å². The summed E-state index contributed by atoms with van der Waals surface area (Å²) >= 11 is 6.05. The summed E-state index contributed by atoms with van der Waals surface area (Å²) in [6.45, 7) is 5.87. The van der Waals surface area contributed by atoms with Crippen LogP contribution in [0.5, 0.6) is 0 Å². The van der Waals surface area contributed by atoms with Gasteiger partial charge in [0.05, 0.1) is 5.38 Å². The molecule has 2 rings (SSSR count). The van der Waals surface area contributed by atoms with Gasteiger partial charge in [-0.05, 0) is 32.4 Å². The van der Waals surface area contributed by atoms with Crippen molar-refractivity contribution in [3.63, 3.8) is 0 Å². The molecular weight excluding hydrogens is 234 g/mol. The summed E-state index contributed by atoms with van der Waals surface area (Å²) in [5.74, 6) is 0.725. The molecule has 0 aliphatic carbocycles. The molecule has 2 aromatic heterocycles. The van der Waals surface area contributed by atoms with E-state index in [1.54, 1.807) is 12.4 Å². The Morgan fingerprint density at radius 3 is 2.59 bits per heavy atom. The van der Waals surface area contributed by atoms with Gasteiger partial charge in [-0.3, -0.25) is 4.98 Å². The van der Waals surface area contributed by atoms with Crippen LogP contribution in [0.15, 0.2) is 24.7 Å². The summed E-state index contributed by atoms with van der Waals surface area (Å²) in [6.07, 6.45) is 5.36. The average Bonchev–Trinajstić information content (AvgIpc) is 2.29. The predicted octanol–water partition coefficient (Wildman–Crippen LogP) is 3.46. The van der Waals surface area contributed by atoms with Gasteiger partial charge in [0, 0.05) is 35.4 Å². The number of hydrogen-bond donors (Lipinski definition) is 0. The molecule has 17 heavy (non-hydrogen) atoms. The number of alkyl halides is 1. The van der Waals surface area contributed by atoms with E-state index < -0.39 is 0 Å². The van der Waals surface area contributed by atoms with Gasteiger partial charge >= 0.3 is 0 Å². The van der Waals surface area contributed by atoms with Crippen LogP contribution in [0.1, 0.15) is 29.1 Å². The molecule has 0 saturated carbocycles. The molecule has 2 aromatic rings. The number of hydrogen-bond acceptors (Lipinski definition) is 3. The first-order valence-electron chi connectivity index (χ1n) is 5.48. The van der Waals surface area contributed by atoms with Gasteiger partial charge in [-0.2, -0.15) is 0 Å². The molecule has 0 amide bonds. The van der Waals surface area contributed by atoms with Gasteiger partial charge in [-0.1, -0.05) is 0 Å². The van der Waals surface area contributed by atoms with Crippen molar-refractivity contribution in [2.24, 2.45) is 0 Å². The SMILES string of the molecule is Cc1cnccc1-c1ncc(C(C)Cl)c(C)n1. The second-order valence-electron chi connectivity index (χ2n) is 4.04. The zero-order valence-electron chi connectivity index (χ0n) is 10.1. The van der Waals surface area contributed by atoms with Crippen LogP contribution in [0.3, 0.4) is 0 Å². The summed E-state index contributed by atoms with van der Waals surface area (Å²) < 4.78 is 0. The predicted molar refractivity (Wildman–Crippen MR) is 69.0 cm³/mol. The maximum absolute atomic E-state index is 6.05. The minimum absolute atomic E-state index is 0.0670. The number of pyridine rings is 1. The standard InChI is InChI=1S/C13H14ClN3/c1-8-6-15-5-4-11(8)13-16-7-12(9(2)14)10(3)17-13/h4-7,9H,1-3H3. The van der Waals surface area contributed by atoms with Crippen molar-refractivity contribution in [1.29, 1.82) is 0 Å². The lowest BCUT2D eigenvalue weighted by Crippen LogP contribution is -1.99. The average molecular weight is 248 g/mol. The molecule has 0 saturated heterocycles. The van der Waals surface area contributed by atoms with Crippen LogP contribution in [0.2, 0.25) is 0 Å². The number of nitrogens with zero attached hydrogens (tertiary/aromatic N) is 3. The van der Waals surface area contributed by atoms with E-state index in [1.165, 1.54) is 0 Å². The Morgan fingerprint density at radius 2 is 2.00 bits per heavy atom. The molecule has 3 nitrogen and oxygen atoms in total. The van der Waals surface area contributed by atoms with Gasteiger partial charge in [-0.25, -0.2) is 9.97 Å². The third-order valence-corrected chi connectivity index (χ3v) is 2.94. The van der Waals surface area contributed by atoms with E-state index in [0.29, 0.717) is 0 Å². The summed E-state index contributed by atoms with van der Waals surface area (Å²) in [4.78, 5) is 12.9. The third kappa shape index (κ3) is 2.44. The monoisotopic (exact) mass is 247 g/mol. The zero-order chi connectivity index (χ0) is 12.4. The number of halogens is 1. The molecule has 0 aliphatic heterocycles. The Bertz CT molecular complexity index is 538. The van der Waals surface area contributed by atoms with Crippen LogP contribution >= 0.6 is 11.6 Å². The van der Waals surface area contributed by atoms with Crippen molar-refractivity contribution < 1.29 is 0 Å². The zero-order valence-corrected chi connectivity index (χ0v) is 10.9. The Kier molecular flexibility index (Phi) is 3.38. The molecule has 0 radical (unpaired) electrons. The van der Waals surface area contributed by atoms with Gasteiger partial charge in [0.1, 0.15) is 0 Å². The highest BCUT2D eigenvalue weighted by molar-refractivity contribution is 6.20.